The van der Waals surface area contributed by atoms with Crippen LogP contribution in [0.4, 0.5) is 0 Å². The first-order valence-electron chi connectivity index (χ1n) is 7.83. The molecule has 8 heteroatoms. The molecule has 1 rings (SSSR count). The van der Waals surface area contributed by atoms with Crippen LogP contribution in [0, 0.1) is 0 Å². The molecule has 1 aromatic rings. The second-order valence-corrected chi connectivity index (χ2v) is 6.89. The first-order valence-corrected chi connectivity index (χ1v) is 9.65. The normalized spacial score (nSPS) is 15.4. The summed E-state index contributed by atoms with van der Waals surface area (Å²) >= 11 is 2.30. The number of hydrogen-bond donors (Lipinski definition) is 3. The van der Waals surface area contributed by atoms with Gasteiger partial charge >= 0.3 is 0 Å². The van der Waals surface area contributed by atoms with Gasteiger partial charge in [0.15, 0.2) is 0 Å². The Morgan fingerprint density at radius 1 is 1.00 bits per heavy atom. The summed E-state index contributed by atoms with van der Waals surface area (Å²) in [5.74, 6) is 1.36. The first-order chi connectivity index (χ1) is 11.6. The minimum atomic E-state index is -1.26. The number of rotatable bonds is 13. The molecule has 0 saturated carbocycles. The molecule has 0 amide bonds. The Kier molecular flexibility index (Phi) is 11.7. The first kappa shape index (κ1) is 21.7. The van der Waals surface area contributed by atoms with E-state index in [-0.39, 0.29) is 6.61 Å². The van der Waals surface area contributed by atoms with Crippen LogP contribution in [0.25, 0.3) is 0 Å². The summed E-state index contributed by atoms with van der Waals surface area (Å²) in [7, 11) is 0. The van der Waals surface area contributed by atoms with E-state index in [1.807, 2.05) is 44.2 Å². The van der Waals surface area contributed by atoms with Gasteiger partial charge in [0.2, 0.25) is 6.29 Å². The van der Waals surface area contributed by atoms with Gasteiger partial charge in [-0.2, -0.15) is 0 Å². The highest BCUT2D eigenvalue weighted by Crippen LogP contribution is 2.22. The fourth-order valence-electron chi connectivity index (χ4n) is 1.86. The molecule has 138 valence electrons. The lowest BCUT2D eigenvalue weighted by atomic mass is 10.1. The number of aliphatic hydroxyl groups is 3. The molecule has 3 N–H and O–H groups in total. The molecule has 0 aromatic heterocycles. The molecular formula is C16H26O6S2. The lowest BCUT2D eigenvalue weighted by Crippen LogP contribution is -2.48. The van der Waals surface area contributed by atoms with Crippen LogP contribution in [-0.2, 0) is 19.7 Å². The molecule has 24 heavy (non-hydrogen) atoms. The Morgan fingerprint density at radius 2 is 1.58 bits per heavy atom. The Labute approximate surface area is 151 Å². The van der Waals surface area contributed by atoms with E-state index in [4.69, 9.17) is 13.1 Å². The Morgan fingerprint density at radius 3 is 2.08 bits per heavy atom. The quantitative estimate of drug-likeness (QED) is 0.355. The topological polar surface area (TPSA) is 88.4 Å². The summed E-state index contributed by atoms with van der Waals surface area (Å²) in [4.78, 5) is 0. The van der Waals surface area contributed by atoms with Crippen molar-refractivity contribution in [3.8, 4) is 0 Å². The van der Waals surface area contributed by atoms with Crippen LogP contribution in [0.5, 0.6) is 0 Å². The Bertz CT molecular complexity index is 414. The van der Waals surface area contributed by atoms with Crippen molar-refractivity contribution in [2.75, 3.05) is 18.1 Å². The smallest absolute Gasteiger partial charge is 0.211 e. The van der Waals surface area contributed by atoms with E-state index in [1.165, 1.54) is 0 Å². The summed E-state index contributed by atoms with van der Waals surface area (Å²) < 4.78 is 16.5. The van der Waals surface area contributed by atoms with Crippen molar-refractivity contribution in [2.45, 2.75) is 45.1 Å². The predicted octanol–water partition coefficient (Wildman–Crippen LogP) is 1.98. The van der Waals surface area contributed by atoms with E-state index in [1.54, 1.807) is 0 Å². The molecule has 0 spiro atoms. The molecule has 0 aliphatic heterocycles. The van der Waals surface area contributed by atoms with Gasteiger partial charge in [-0.15, -0.1) is 0 Å². The van der Waals surface area contributed by atoms with E-state index in [9.17, 15) is 15.3 Å². The van der Waals surface area contributed by atoms with E-state index in [2.05, 4.69) is 0 Å². The lowest BCUT2D eigenvalue weighted by Gasteiger charge is -2.31. The van der Waals surface area contributed by atoms with Crippen molar-refractivity contribution in [1.82, 2.24) is 0 Å². The fourth-order valence-corrected chi connectivity index (χ4v) is 2.76. The number of aliphatic hydroxyl groups excluding tert-OH is 3. The zero-order chi connectivity index (χ0) is 17.8. The van der Waals surface area contributed by atoms with Crippen LogP contribution in [0.3, 0.4) is 0 Å². The van der Waals surface area contributed by atoms with Gasteiger partial charge in [0.1, 0.15) is 18.3 Å². The molecule has 0 unspecified atom stereocenters. The van der Waals surface area contributed by atoms with Gasteiger partial charge in [0.05, 0.1) is 13.2 Å². The Balaban J connectivity index is 2.74. The maximum Gasteiger partial charge on any atom is 0.211 e. The lowest BCUT2D eigenvalue weighted by molar-refractivity contribution is -0.173. The molecule has 0 radical (unpaired) electrons. The fraction of sp³-hybridized carbons (Fsp3) is 0.625. The molecule has 0 bridgehead atoms. The van der Waals surface area contributed by atoms with Crippen LogP contribution in [0.2, 0.25) is 0 Å². The third-order valence-corrected chi connectivity index (χ3v) is 4.15. The molecule has 0 aliphatic carbocycles. The van der Waals surface area contributed by atoms with E-state index in [0.29, 0.717) is 11.5 Å². The molecule has 0 heterocycles. The van der Waals surface area contributed by atoms with Crippen molar-refractivity contribution >= 4 is 24.1 Å². The van der Waals surface area contributed by atoms with Crippen molar-refractivity contribution in [1.29, 1.82) is 0 Å². The summed E-state index contributed by atoms with van der Waals surface area (Å²) in [6.45, 7) is 3.47. The highest BCUT2D eigenvalue weighted by molar-refractivity contribution is 7.95. The van der Waals surface area contributed by atoms with E-state index in [0.717, 1.165) is 29.6 Å². The van der Waals surface area contributed by atoms with Crippen molar-refractivity contribution in [3.63, 3.8) is 0 Å². The maximum atomic E-state index is 10.5. The van der Waals surface area contributed by atoms with Crippen molar-refractivity contribution in [2.24, 2.45) is 0 Å². The minimum Gasteiger partial charge on any atom is -0.394 e. The van der Waals surface area contributed by atoms with Gasteiger partial charge in [-0.05, 0) is 29.6 Å². The molecule has 0 saturated heterocycles. The second kappa shape index (κ2) is 13.0. The number of hydrogen-bond acceptors (Lipinski definition) is 8. The maximum absolute atomic E-state index is 10.5. The van der Waals surface area contributed by atoms with Crippen LogP contribution in [0.1, 0.15) is 19.4 Å². The zero-order valence-corrected chi connectivity index (χ0v) is 15.5. The van der Waals surface area contributed by atoms with Gasteiger partial charge in [0.25, 0.3) is 0 Å². The SMILES string of the molecule is CCSOC(OSCC)[C@H](O)[C@@H](OCc1ccccc1)[C@H](O)CO. The van der Waals surface area contributed by atoms with Crippen LogP contribution in [0.15, 0.2) is 30.3 Å². The average molecular weight is 379 g/mol. The monoisotopic (exact) mass is 378 g/mol. The average Bonchev–Trinajstić information content (AvgIpc) is 2.62. The Hall–Kier alpha value is -0.320. The standard InChI is InChI=1S/C16H26O6S2/c1-3-23-21-16(22-24-4-2)14(19)15(13(18)10-17)20-11-12-8-6-5-7-9-12/h5-9,13-19H,3-4,10-11H2,1-2H3/t13-,14-,15+/m1/s1. The van der Waals surface area contributed by atoms with Gasteiger partial charge in [-0.25, -0.2) is 0 Å². The van der Waals surface area contributed by atoms with Crippen LogP contribution >= 0.6 is 24.1 Å². The van der Waals surface area contributed by atoms with Crippen molar-refractivity contribution in [3.05, 3.63) is 35.9 Å². The highest BCUT2D eigenvalue weighted by atomic mass is 32.2. The van der Waals surface area contributed by atoms with Crippen LogP contribution < -0.4 is 0 Å². The summed E-state index contributed by atoms with van der Waals surface area (Å²) in [5, 5.41) is 29.8. The largest absolute Gasteiger partial charge is 0.394 e. The molecular weight excluding hydrogens is 352 g/mol. The third-order valence-electron chi connectivity index (χ3n) is 3.03. The van der Waals surface area contributed by atoms with Gasteiger partial charge in [-0.3, -0.25) is 8.37 Å². The summed E-state index contributed by atoms with van der Waals surface area (Å²) in [5.41, 5.74) is 0.893. The van der Waals surface area contributed by atoms with Crippen LogP contribution in [-0.4, -0.2) is 58.0 Å². The predicted molar refractivity (Wildman–Crippen MR) is 96.3 cm³/mol. The molecule has 0 aliphatic rings. The molecule has 6 nitrogen and oxygen atoms in total. The van der Waals surface area contributed by atoms with E-state index < -0.39 is 31.2 Å². The number of benzene rings is 1. The molecule has 0 fully saturated rings. The number of ether oxygens (including phenoxy) is 1. The minimum absolute atomic E-state index is 0.189. The highest BCUT2D eigenvalue weighted by Gasteiger charge is 2.35. The summed E-state index contributed by atoms with van der Waals surface area (Å²) in [6, 6.07) is 9.38. The van der Waals surface area contributed by atoms with Gasteiger partial charge in [0, 0.05) is 11.5 Å². The third kappa shape index (κ3) is 7.71. The van der Waals surface area contributed by atoms with E-state index >= 15 is 0 Å². The van der Waals surface area contributed by atoms with Gasteiger partial charge in [-0.1, -0.05) is 44.2 Å². The molecule has 1 aromatic carbocycles. The zero-order valence-electron chi connectivity index (χ0n) is 13.9. The molecule has 3 atom stereocenters. The summed E-state index contributed by atoms with van der Waals surface area (Å²) in [6.07, 6.45) is -4.54. The van der Waals surface area contributed by atoms with Crippen molar-refractivity contribution < 1.29 is 28.4 Å². The van der Waals surface area contributed by atoms with Gasteiger partial charge < -0.3 is 20.1 Å². The second-order valence-electron chi connectivity index (χ2n) is 4.88.